The third-order valence-corrected chi connectivity index (χ3v) is 4.10. The van der Waals surface area contributed by atoms with Crippen LogP contribution in [-0.4, -0.2) is 37.0 Å². The molecule has 130 valence electrons. The van der Waals surface area contributed by atoms with Crippen molar-refractivity contribution in [2.45, 2.75) is 32.2 Å². The summed E-state index contributed by atoms with van der Waals surface area (Å²) < 4.78 is 5.31. The highest BCUT2D eigenvalue weighted by Gasteiger charge is 2.27. The van der Waals surface area contributed by atoms with Crippen LogP contribution in [-0.2, 0) is 9.53 Å². The monoisotopic (exact) mass is 333 g/mol. The zero-order chi connectivity index (χ0) is 17.5. The lowest BCUT2D eigenvalue weighted by molar-refractivity contribution is -0.118. The molecule has 3 amide bonds. The molecule has 0 spiro atoms. The molecule has 1 aliphatic heterocycles. The average Bonchev–Trinajstić information content (AvgIpc) is 2.55. The Morgan fingerprint density at radius 1 is 1.29 bits per heavy atom. The Balaban J connectivity index is 2.00. The van der Waals surface area contributed by atoms with E-state index in [1.54, 1.807) is 24.3 Å². The molecule has 1 aromatic carbocycles. The van der Waals surface area contributed by atoms with Crippen LogP contribution in [0.25, 0.3) is 0 Å². The molecule has 1 atom stereocenters. The van der Waals surface area contributed by atoms with E-state index in [4.69, 9.17) is 10.5 Å². The predicted molar refractivity (Wildman–Crippen MR) is 89.7 cm³/mol. The number of hydrogen-bond acceptors (Lipinski definition) is 4. The number of nitrogens with two attached hydrogens (primary N) is 1. The smallest absolute Gasteiger partial charge is 0.319 e. The molecule has 0 radical (unpaired) electrons. The van der Waals surface area contributed by atoms with Gasteiger partial charge in [0.15, 0.2) is 5.78 Å². The lowest BCUT2D eigenvalue weighted by atomic mass is 9.89. The number of carbonyl (C=O) groups excluding carboxylic acids is 3. The van der Waals surface area contributed by atoms with E-state index in [1.807, 2.05) is 0 Å². The van der Waals surface area contributed by atoms with Gasteiger partial charge < -0.3 is 21.1 Å². The van der Waals surface area contributed by atoms with Crippen molar-refractivity contribution >= 4 is 23.4 Å². The first kappa shape index (κ1) is 17.9. The van der Waals surface area contributed by atoms with E-state index >= 15 is 0 Å². The van der Waals surface area contributed by atoms with E-state index in [0.29, 0.717) is 24.5 Å². The maximum absolute atomic E-state index is 12.2. The third kappa shape index (κ3) is 5.34. The number of Topliss-reactive ketones (excluding diaryl/α,β-unsaturated/α-hetero) is 1. The molecule has 0 saturated carbocycles. The quantitative estimate of drug-likeness (QED) is 0.688. The van der Waals surface area contributed by atoms with Crippen LogP contribution in [0.1, 0.15) is 36.5 Å². The molecule has 1 fully saturated rings. The summed E-state index contributed by atoms with van der Waals surface area (Å²) in [5, 5.41) is 5.52. The van der Waals surface area contributed by atoms with Gasteiger partial charge in [0, 0.05) is 36.9 Å². The highest BCUT2D eigenvalue weighted by atomic mass is 16.5. The van der Waals surface area contributed by atoms with Gasteiger partial charge in [-0.1, -0.05) is 12.1 Å². The molecule has 0 aliphatic carbocycles. The van der Waals surface area contributed by atoms with E-state index in [-0.39, 0.29) is 24.2 Å². The van der Waals surface area contributed by atoms with Gasteiger partial charge in [0.1, 0.15) is 0 Å². The summed E-state index contributed by atoms with van der Waals surface area (Å²) in [6.45, 7) is 2.70. The third-order valence-electron chi connectivity index (χ3n) is 4.10. The second kappa shape index (κ2) is 8.44. The van der Waals surface area contributed by atoms with Gasteiger partial charge >= 0.3 is 6.03 Å². The molecule has 1 saturated heterocycles. The summed E-state index contributed by atoms with van der Waals surface area (Å²) in [6.07, 6.45) is 1.64. The fourth-order valence-corrected chi connectivity index (χ4v) is 2.82. The Bertz CT molecular complexity index is 612. The fraction of sp³-hybridized carbons (Fsp3) is 0.471. The molecule has 0 aromatic heterocycles. The van der Waals surface area contributed by atoms with Crippen LogP contribution in [0.3, 0.4) is 0 Å². The van der Waals surface area contributed by atoms with Crippen molar-refractivity contribution in [1.82, 2.24) is 5.32 Å². The van der Waals surface area contributed by atoms with Crippen LogP contribution in [0.2, 0.25) is 0 Å². The van der Waals surface area contributed by atoms with E-state index in [1.165, 1.54) is 6.92 Å². The molecule has 1 aromatic rings. The number of ether oxygens (including phenoxy) is 1. The summed E-state index contributed by atoms with van der Waals surface area (Å²) >= 11 is 0. The van der Waals surface area contributed by atoms with Crippen molar-refractivity contribution in [1.29, 1.82) is 0 Å². The molecule has 1 aliphatic rings. The molecular weight excluding hydrogens is 310 g/mol. The topological polar surface area (TPSA) is 111 Å². The van der Waals surface area contributed by atoms with E-state index in [9.17, 15) is 14.4 Å². The van der Waals surface area contributed by atoms with Crippen molar-refractivity contribution in [2.75, 3.05) is 18.5 Å². The van der Waals surface area contributed by atoms with Gasteiger partial charge in [-0.2, -0.15) is 0 Å². The number of ketones is 1. The fourth-order valence-electron chi connectivity index (χ4n) is 2.82. The Labute approximate surface area is 140 Å². The van der Waals surface area contributed by atoms with Crippen LogP contribution in [0, 0.1) is 5.92 Å². The normalized spacial score (nSPS) is 16.2. The van der Waals surface area contributed by atoms with Crippen molar-refractivity contribution < 1.29 is 19.1 Å². The summed E-state index contributed by atoms with van der Waals surface area (Å²) in [5.74, 6) is -0.376. The van der Waals surface area contributed by atoms with E-state index in [0.717, 1.165) is 12.8 Å². The molecule has 7 nitrogen and oxygen atoms in total. The molecule has 0 bridgehead atoms. The van der Waals surface area contributed by atoms with Crippen LogP contribution < -0.4 is 16.4 Å². The standard InChI is InChI=1S/C17H23N3O4/c1-11(21)13-3-2-4-14(9-13)19-17(23)20-15(10-16(18)22)12-5-7-24-8-6-12/h2-4,9,12,15H,5-8,10H2,1H3,(H2,18,22)(H2,19,20,23). The Morgan fingerprint density at radius 2 is 2.00 bits per heavy atom. The largest absolute Gasteiger partial charge is 0.381 e. The number of urea groups is 1. The number of benzene rings is 1. The molecular formula is C17H23N3O4. The highest BCUT2D eigenvalue weighted by molar-refractivity contribution is 5.96. The summed E-state index contributed by atoms with van der Waals surface area (Å²) in [6, 6.07) is 5.94. The SMILES string of the molecule is CC(=O)c1cccc(NC(=O)NC(CC(N)=O)C2CCOCC2)c1. The number of rotatable bonds is 6. The number of hydrogen-bond donors (Lipinski definition) is 3. The van der Waals surface area contributed by atoms with Gasteiger partial charge in [-0.05, 0) is 37.8 Å². The number of carbonyl (C=O) groups is 3. The van der Waals surface area contributed by atoms with E-state index in [2.05, 4.69) is 10.6 Å². The minimum absolute atomic E-state index is 0.0760. The van der Waals surface area contributed by atoms with Crippen LogP contribution in [0.15, 0.2) is 24.3 Å². The van der Waals surface area contributed by atoms with Gasteiger partial charge in [-0.15, -0.1) is 0 Å². The van der Waals surface area contributed by atoms with Crippen LogP contribution in [0.5, 0.6) is 0 Å². The Hall–Kier alpha value is -2.41. The average molecular weight is 333 g/mol. The zero-order valence-electron chi connectivity index (χ0n) is 13.7. The van der Waals surface area contributed by atoms with Gasteiger partial charge in [0.25, 0.3) is 0 Å². The van der Waals surface area contributed by atoms with Gasteiger partial charge in [-0.25, -0.2) is 4.79 Å². The number of anilines is 1. The first-order valence-corrected chi connectivity index (χ1v) is 8.00. The molecule has 24 heavy (non-hydrogen) atoms. The molecule has 7 heteroatoms. The van der Waals surface area contributed by atoms with Crippen molar-refractivity contribution in [3.05, 3.63) is 29.8 Å². The maximum Gasteiger partial charge on any atom is 0.319 e. The van der Waals surface area contributed by atoms with Crippen molar-refractivity contribution in [3.63, 3.8) is 0 Å². The zero-order valence-corrected chi connectivity index (χ0v) is 13.7. The van der Waals surface area contributed by atoms with Crippen LogP contribution in [0.4, 0.5) is 10.5 Å². The highest BCUT2D eigenvalue weighted by Crippen LogP contribution is 2.21. The maximum atomic E-state index is 12.2. The molecule has 2 rings (SSSR count). The summed E-state index contributed by atoms with van der Waals surface area (Å²) in [7, 11) is 0. The predicted octanol–water partition coefficient (Wildman–Crippen LogP) is 1.68. The first-order chi connectivity index (χ1) is 11.5. The minimum Gasteiger partial charge on any atom is -0.381 e. The van der Waals surface area contributed by atoms with Crippen molar-refractivity contribution in [3.8, 4) is 0 Å². The molecule has 4 N–H and O–H groups in total. The summed E-state index contributed by atoms with van der Waals surface area (Å²) in [5.41, 5.74) is 6.34. The molecule has 1 unspecified atom stereocenters. The summed E-state index contributed by atoms with van der Waals surface area (Å²) in [4.78, 5) is 34.9. The van der Waals surface area contributed by atoms with Crippen LogP contribution >= 0.6 is 0 Å². The molecule has 1 heterocycles. The van der Waals surface area contributed by atoms with E-state index < -0.39 is 11.9 Å². The van der Waals surface area contributed by atoms with Crippen molar-refractivity contribution in [2.24, 2.45) is 11.7 Å². The van der Waals surface area contributed by atoms with Gasteiger partial charge in [-0.3, -0.25) is 9.59 Å². The number of primary amides is 1. The second-order valence-corrected chi connectivity index (χ2v) is 5.96. The number of nitrogens with one attached hydrogen (secondary N) is 2. The number of amides is 3. The minimum atomic E-state index is -0.453. The Kier molecular flexibility index (Phi) is 6.31. The van der Waals surface area contributed by atoms with Gasteiger partial charge in [0.05, 0.1) is 0 Å². The first-order valence-electron chi connectivity index (χ1n) is 8.00. The second-order valence-electron chi connectivity index (χ2n) is 5.96. The van der Waals surface area contributed by atoms with Gasteiger partial charge in [0.2, 0.25) is 5.91 Å². The lowest BCUT2D eigenvalue weighted by Crippen LogP contribution is -2.46. The Morgan fingerprint density at radius 3 is 2.62 bits per heavy atom. The lowest BCUT2D eigenvalue weighted by Gasteiger charge is -2.30.